The Kier molecular flexibility index (Phi) is 9.48. The SMILES string of the molecule is CCOC(=O)C(OC(=O)C(C)(C)C(C)CC(C)C)C(CC)CC. The molecule has 0 radical (unpaired) electrons. The minimum absolute atomic E-state index is 0.00537. The summed E-state index contributed by atoms with van der Waals surface area (Å²) in [5.74, 6) is -0.0526. The van der Waals surface area contributed by atoms with Crippen molar-refractivity contribution in [3.05, 3.63) is 0 Å². The molecule has 0 rings (SSSR count). The lowest BCUT2D eigenvalue weighted by Crippen LogP contribution is -2.42. The van der Waals surface area contributed by atoms with Gasteiger partial charge in [0.1, 0.15) is 0 Å². The van der Waals surface area contributed by atoms with Gasteiger partial charge in [0.2, 0.25) is 6.10 Å². The molecule has 0 aromatic carbocycles. The van der Waals surface area contributed by atoms with Crippen molar-refractivity contribution in [1.82, 2.24) is 0 Å². The monoisotopic (exact) mass is 328 g/mol. The molecule has 0 aromatic heterocycles. The Labute approximate surface area is 142 Å². The maximum atomic E-state index is 12.7. The van der Waals surface area contributed by atoms with E-state index in [-0.39, 0.29) is 17.8 Å². The Morgan fingerprint density at radius 1 is 1.00 bits per heavy atom. The minimum atomic E-state index is -0.803. The molecule has 23 heavy (non-hydrogen) atoms. The Morgan fingerprint density at radius 3 is 1.91 bits per heavy atom. The summed E-state index contributed by atoms with van der Waals surface area (Å²) in [5.41, 5.74) is -0.624. The van der Waals surface area contributed by atoms with Crippen LogP contribution in [-0.2, 0) is 19.1 Å². The number of esters is 2. The molecule has 0 aliphatic carbocycles. The first-order valence-corrected chi connectivity index (χ1v) is 8.99. The molecule has 0 aliphatic rings. The standard InChI is InChI=1S/C19H36O4/c1-9-15(10-2)16(17(20)22-11-3)23-18(21)19(7,8)14(6)12-13(4)5/h13-16H,9-12H2,1-8H3. The van der Waals surface area contributed by atoms with Crippen LogP contribution in [0.5, 0.6) is 0 Å². The molecular weight excluding hydrogens is 292 g/mol. The first kappa shape index (κ1) is 21.9. The molecule has 0 saturated carbocycles. The van der Waals surface area contributed by atoms with Crippen molar-refractivity contribution in [2.45, 2.75) is 80.8 Å². The number of rotatable bonds is 10. The van der Waals surface area contributed by atoms with Gasteiger partial charge in [-0.25, -0.2) is 4.79 Å². The van der Waals surface area contributed by atoms with Crippen LogP contribution >= 0.6 is 0 Å². The summed E-state index contributed by atoms with van der Waals surface area (Å²) in [5, 5.41) is 0. The van der Waals surface area contributed by atoms with E-state index in [1.807, 2.05) is 27.7 Å². The molecule has 136 valence electrons. The molecule has 4 heteroatoms. The van der Waals surface area contributed by atoms with Crippen LogP contribution in [0.3, 0.4) is 0 Å². The number of carbonyl (C=O) groups is 2. The number of hydrogen-bond donors (Lipinski definition) is 0. The Morgan fingerprint density at radius 2 is 1.52 bits per heavy atom. The van der Waals surface area contributed by atoms with E-state index in [9.17, 15) is 9.59 Å². The van der Waals surface area contributed by atoms with E-state index >= 15 is 0 Å². The van der Waals surface area contributed by atoms with Crippen LogP contribution in [-0.4, -0.2) is 24.6 Å². The fourth-order valence-corrected chi connectivity index (χ4v) is 2.75. The molecule has 0 aliphatic heterocycles. The summed E-state index contributed by atoms with van der Waals surface area (Å²) in [6.07, 6.45) is 1.68. The number of hydrogen-bond acceptors (Lipinski definition) is 4. The second kappa shape index (κ2) is 9.94. The summed E-state index contributed by atoms with van der Waals surface area (Å²) in [6.45, 7) is 16.2. The minimum Gasteiger partial charge on any atom is -0.463 e. The fourth-order valence-electron chi connectivity index (χ4n) is 2.75. The van der Waals surface area contributed by atoms with E-state index in [2.05, 4.69) is 20.8 Å². The van der Waals surface area contributed by atoms with Gasteiger partial charge in [0, 0.05) is 5.92 Å². The molecule has 0 bridgehead atoms. The fraction of sp³-hybridized carbons (Fsp3) is 0.895. The van der Waals surface area contributed by atoms with Gasteiger partial charge in [-0.1, -0.05) is 34.6 Å². The molecule has 0 spiro atoms. The number of ether oxygens (including phenoxy) is 2. The van der Waals surface area contributed by atoms with Gasteiger partial charge in [0.25, 0.3) is 0 Å². The Hall–Kier alpha value is -1.06. The van der Waals surface area contributed by atoms with Gasteiger partial charge in [-0.05, 0) is 51.9 Å². The van der Waals surface area contributed by atoms with Crippen LogP contribution in [0.1, 0.15) is 74.7 Å². The second-order valence-electron chi connectivity index (χ2n) is 7.41. The first-order chi connectivity index (χ1) is 10.6. The molecular formula is C19H36O4. The highest BCUT2D eigenvalue weighted by molar-refractivity contribution is 5.82. The normalized spacial score (nSPS) is 14.7. The van der Waals surface area contributed by atoms with E-state index in [4.69, 9.17) is 9.47 Å². The van der Waals surface area contributed by atoms with Crippen molar-refractivity contribution in [3.8, 4) is 0 Å². The smallest absolute Gasteiger partial charge is 0.347 e. The van der Waals surface area contributed by atoms with E-state index in [1.54, 1.807) is 6.92 Å². The third-order valence-electron chi connectivity index (χ3n) is 4.81. The van der Waals surface area contributed by atoms with Gasteiger partial charge >= 0.3 is 11.9 Å². The summed E-state index contributed by atoms with van der Waals surface area (Å²) in [4.78, 5) is 24.9. The molecule has 0 saturated heterocycles. The zero-order valence-electron chi connectivity index (χ0n) is 16.3. The molecule has 0 fully saturated rings. The molecule has 0 aromatic rings. The highest BCUT2D eigenvalue weighted by atomic mass is 16.6. The molecule has 0 heterocycles. The summed E-state index contributed by atoms with van der Waals surface area (Å²) in [7, 11) is 0. The third-order valence-corrected chi connectivity index (χ3v) is 4.81. The quantitative estimate of drug-likeness (QED) is 0.550. The van der Waals surface area contributed by atoms with Crippen LogP contribution in [0.15, 0.2) is 0 Å². The topological polar surface area (TPSA) is 52.6 Å². The maximum absolute atomic E-state index is 12.7. The van der Waals surface area contributed by atoms with E-state index in [0.717, 1.165) is 19.3 Å². The maximum Gasteiger partial charge on any atom is 0.347 e. The Bertz CT molecular complexity index is 370. The number of carbonyl (C=O) groups excluding carboxylic acids is 2. The highest BCUT2D eigenvalue weighted by Crippen LogP contribution is 2.34. The van der Waals surface area contributed by atoms with E-state index in [0.29, 0.717) is 12.5 Å². The highest BCUT2D eigenvalue weighted by Gasteiger charge is 2.40. The third kappa shape index (κ3) is 6.52. The first-order valence-electron chi connectivity index (χ1n) is 8.99. The zero-order chi connectivity index (χ0) is 18.2. The van der Waals surface area contributed by atoms with Crippen LogP contribution in [0, 0.1) is 23.2 Å². The van der Waals surface area contributed by atoms with Crippen LogP contribution in [0.4, 0.5) is 0 Å². The average molecular weight is 328 g/mol. The van der Waals surface area contributed by atoms with Gasteiger partial charge < -0.3 is 9.47 Å². The van der Waals surface area contributed by atoms with Crippen LogP contribution in [0.25, 0.3) is 0 Å². The molecule has 0 amide bonds. The van der Waals surface area contributed by atoms with Crippen molar-refractivity contribution in [1.29, 1.82) is 0 Å². The van der Waals surface area contributed by atoms with Gasteiger partial charge in [0.15, 0.2) is 0 Å². The molecule has 2 atom stereocenters. The van der Waals surface area contributed by atoms with Crippen molar-refractivity contribution in [2.75, 3.05) is 6.61 Å². The molecule has 2 unspecified atom stereocenters. The van der Waals surface area contributed by atoms with Gasteiger partial charge in [-0.3, -0.25) is 4.79 Å². The summed E-state index contributed by atoms with van der Waals surface area (Å²) >= 11 is 0. The lowest BCUT2D eigenvalue weighted by Gasteiger charge is -2.33. The van der Waals surface area contributed by atoms with Crippen LogP contribution < -0.4 is 0 Å². The van der Waals surface area contributed by atoms with Gasteiger partial charge in [0.05, 0.1) is 12.0 Å². The summed E-state index contributed by atoms with van der Waals surface area (Å²) in [6, 6.07) is 0. The summed E-state index contributed by atoms with van der Waals surface area (Å²) < 4.78 is 10.8. The lowest BCUT2D eigenvalue weighted by atomic mass is 9.76. The average Bonchev–Trinajstić information content (AvgIpc) is 2.46. The largest absolute Gasteiger partial charge is 0.463 e. The van der Waals surface area contributed by atoms with Crippen molar-refractivity contribution in [3.63, 3.8) is 0 Å². The predicted octanol–water partition coefficient (Wildman–Crippen LogP) is 4.61. The van der Waals surface area contributed by atoms with E-state index in [1.165, 1.54) is 0 Å². The molecule has 4 nitrogen and oxygen atoms in total. The molecule has 0 N–H and O–H groups in total. The van der Waals surface area contributed by atoms with Crippen molar-refractivity contribution < 1.29 is 19.1 Å². The van der Waals surface area contributed by atoms with Crippen molar-refractivity contribution in [2.24, 2.45) is 23.2 Å². The van der Waals surface area contributed by atoms with Crippen LogP contribution in [0.2, 0.25) is 0 Å². The lowest BCUT2D eigenvalue weighted by molar-refractivity contribution is -0.179. The Balaban J connectivity index is 5.17. The predicted molar refractivity (Wildman–Crippen MR) is 93.0 cm³/mol. The van der Waals surface area contributed by atoms with Gasteiger partial charge in [-0.2, -0.15) is 0 Å². The second-order valence-corrected chi connectivity index (χ2v) is 7.41. The van der Waals surface area contributed by atoms with Crippen molar-refractivity contribution >= 4 is 11.9 Å². The van der Waals surface area contributed by atoms with Gasteiger partial charge in [-0.15, -0.1) is 0 Å². The zero-order valence-corrected chi connectivity index (χ0v) is 16.3. The van der Waals surface area contributed by atoms with E-state index < -0.39 is 17.5 Å².